The molecule has 0 radical (unpaired) electrons. The zero-order valence-electron chi connectivity index (χ0n) is 11.1. The monoisotopic (exact) mass is 266 g/mol. The van der Waals surface area contributed by atoms with Gasteiger partial charge in [-0.3, -0.25) is 4.79 Å². The fraction of sp³-hybridized carbons (Fsp3) is 0.500. The van der Waals surface area contributed by atoms with E-state index in [9.17, 15) is 9.18 Å². The zero-order valence-corrected chi connectivity index (χ0v) is 11.1. The summed E-state index contributed by atoms with van der Waals surface area (Å²) in [7, 11) is 1.63. The molecule has 0 bridgehead atoms. The number of nitrogens with zero attached hydrogens (tertiary/aromatic N) is 1. The Balaban J connectivity index is 1.85. The first-order chi connectivity index (χ1) is 9.16. The molecule has 1 amide bonds. The van der Waals surface area contributed by atoms with Gasteiger partial charge in [-0.15, -0.1) is 0 Å². The number of carbonyl (C=O) groups is 1. The molecule has 1 N–H and O–H groups in total. The third kappa shape index (κ3) is 4.01. The van der Waals surface area contributed by atoms with Crippen LogP contribution in [0.3, 0.4) is 0 Å². The molecule has 0 saturated carbocycles. The molecular formula is C14H19FN2O2. The van der Waals surface area contributed by atoms with Crippen LogP contribution in [0.1, 0.15) is 12.8 Å². The highest BCUT2D eigenvalue weighted by molar-refractivity contribution is 5.93. The molecule has 5 heteroatoms. The molecule has 0 aliphatic carbocycles. The molecule has 1 aromatic rings. The number of benzene rings is 1. The summed E-state index contributed by atoms with van der Waals surface area (Å²) in [6, 6.07) is 5.98. The van der Waals surface area contributed by atoms with Crippen LogP contribution in [0.4, 0.5) is 10.1 Å². The van der Waals surface area contributed by atoms with Crippen LogP contribution < -0.4 is 10.2 Å². The standard InChI is InChI=1S/C14H19FN2O2/c1-17(12-4-2-3-11(15)9-12)14(18)10-19-13-5-7-16-8-6-13/h2-4,9,13,16H,5-8,10H2,1H3. The van der Waals surface area contributed by atoms with Gasteiger partial charge >= 0.3 is 0 Å². The van der Waals surface area contributed by atoms with Crippen molar-refractivity contribution < 1.29 is 13.9 Å². The Morgan fingerprint density at radius 3 is 2.89 bits per heavy atom. The highest BCUT2D eigenvalue weighted by atomic mass is 19.1. The molecule has 1 aliphatic rings. The Morgan fingerprint density at radius 1 is 1.47 bits per heavy atom. The van der Waals surface area contributed by atoms with Gasteiger partial charge < -0.3 is 15.0 Å². The Morgan fingerprint density at radius 2 is 2.21 bits per heavy atom. The maximum atomic E-state index is 13.1. The van der Waals surface area contributed by atoms with Crippen molar-refractivity contribution in [2.75, 3.05) is 31.6 Å². The Kier molecular flexibility index (Phi) is 4.87. The van der Waals surface area contributed by atoms with Crippen molar-refractivity contribution in [1.82, 2.24) is 5.32 Å². The van der Waals surface area contributed by atoms with Crippen LogP contribution in [0.25, 0.3) is 0 Å². The lowest BCUT2D eigenvalue weighted by Gasteiger charge is -2.24. The Hall–Kier alpha value is -1.46. The van der Waals surface area contributed by atoms with E-state index < -0.39 is 0 Å². The molecule has 1 fully saturated rings. The molecule has 1 heterocycles. The van der Waals surface area contributed by atoms with E-state index in [-0.39, 0.29) is 24.4 Å². The minimum atomic E-state index is -0.351. The number of carbonyl (C=O) groups excluding carboxylic acids is 1. The summed E-state index contributed by atoms with van der Waals surface area (Å²) in [6.07, 6.45) is 2.00. The highest BCUT2D eigenvalue weighted by Gasteiger charge is 2.17. The number of anilines is 1. The summed E-state index contributed by atoms with van der Waals surface area (Å²) in [6.45, 7) is 1.90. The fourth-order valence-corrected chi connectivity index (χ4v) is 2.08. The van der Waals surface area contributed by atoms with Gasteiger partial charge in [0, 0.05) is 12.7 Å². The first-order valence-electron chi connectivity index (χ1n) is 6.51. The summed E-state index contributed by atoms with van der Waals surface area (Å²) in [5, 5.41) is 3.24. The van der Waals surface area contributed by atoms with E-state index in [0.717, 1.165) is 25.9 Å². The van der Waals surface area contributed by atoms with Gasteiger partial charge in [-0.2, -0.15) is 0 Å². The minimum absolute atomic E-state index is 0.0394. The summed E-state index contributed by atoms with van der Waals surface area (Å²) in [4.78, 5) is 13.4. The lowest BCUT2D eigenvalue weighted by molar-refractivity contribution is -0.125. The van der Waals surface area contributed by atoms with Crippen LogP contribution in [-0.2, 0) is 9.53 Å². The molecule has 1 aliphatic heterocycles. The first-order valence-corrected chi connectivity index (χ1v) is 6.51. The molecule has 0 atom stereocenters. The summed E-state index contributed by atoms with van der Waals surface area (Å²) >= 11 is 0. The van der Waals surface area contributed by atoms with Crippen LogP contribution in [-0.4, -0.2) is 38.8 Å². The smallest absolute Gasteiger partial charge is 0.252 e. The third-order valence-corrected chi connectivity index (χ3v) is 3.30. The molecule has 1 saturated heterocycles. The minimum Gasteiger partial charge on any atom is -0.368 e. The van der Waals surface area contributed by atoms with Gasteiger partial charge in [0.25, 0.3) is 5.91 Å². The number of likely N-dealkylation sites (N-methyl/N-ethyl adjacent to an activating group) is 1. The average molecular weight is 266 g/mol. The number of hydrogen-bond acceptors (Lipinski definition) is 3. The second-order valence-electron chi connectivity index (χ2n) is 4.69. The van der Waals surface area contributed by atoms with Crippen LogP contribution in [0.15, 0.2) is 24.3 Å². The average Bonchev–Trinajstić information content (AvgIpc) is 2.45. The molecule has 0 spiro atoms. The van der Waals surface area contributed by atoms with Gasteiger partial charge in [-0.25, -0.2) is 4.39 Å². The molecule has 0 aromatic heterocycles. The SMILES string of the molecule is CN(C(=O)COC1CCNCC1)c1cccc(F)c1. The van der Waals surface area contributed by atoms with E-state index >= 15 is 0 Å². The third-order valence-electron chi connectivity index (χ3n) is 3.30. The molecule has 0 unspecified atom stereocenters. The number of ether oxygens (including phenoxy) is 1. The van der Waals surface area contributed by atoms with Gasteiger partial charge in [-0.05, 0) is 44.1 Å². The molecule has 1 aromatic carbocycles. The fourth-order valence-electron chi connectivity index (χ4n) is 2.08. The molecule has 104 valence electrons. The van der Waals surface area contributed by atoms with Crippen molar-refractivity contribution in [3.63, 3.8) is 0 Å². The molecule has 4 nitrogen and oxygen atoms in total. The van der Waals surface area contributed by atoms with Gasteiger partial charge in [0.1, 0.15) is 12.4 Å². The zero-order chi connectivity index (χ0) is 13.7. The highest BCUT2D eigenvalue weighted by Crippen LogP contribution is 2.14. The Bertz CT molecular complexity index is 433. The van der Waals surface area contributed by atoms with Crippen molar-refractivity contribution >= 4 is 11.6 Å². The summed E-state index contributed by atoms with van der Waals surface area (Å²) in [5.74, 6) is -0.513. The topological polar surface area (TPSA) is 41.6 Å². The van der Waals surface area contributed by atoms with Crippen molar-refractivity contribution in [2.24, 2.45) is 0 Å². The van der Waals surface area contributed by atoms with Crippen molar-refractivity contribution in [1.29, 1.82) is 0 Å². The number of nitrogens with one attached hydrogen (secondary N) is 1. The van der Waals surface area contributed by atoms with Crippen molar-refractivity contribution in [2.45, 2.75) is 18.9 Å². The summed E-state index contributed by atoms with van der Waals surface area (Å²) in [5.41, 5.74) is 0.541. The van der Waals surface area contributed by atoms with Crippen LogP contribution >= 0.6 is 0 Å². The number of halogens is 1. The largest absolute Gasteiger partial charge is 0.368 e. The lowest BCUT2D eigenvalue weighted by atomic mass is 10.1. The van der Waals surface area contributed by atoms with E-state index in [1.807, 2.05) is 0 Å². The second-order valence-corrected chi connectivity index (χ2v) is 4.69. The maximum Gasteiger partial charge on any atom is 0.252 e. The van der Waals surface area contributed by atoms with E-state index in [2.05, 4.69) is 5.32 Å². The number of amides is 1. The van der Waals surface area contributed by atoms with Gasteiger partial charge in [0.05, 0.1) is 6.10 Å². The lowest BCUT2D eigenvalue weighted by Crippen LogP contribution is -2.36. The Labute approximate surface area is 112 Å². The quantitative estimate of drug-likeness (QED) is 0.899. The normalized spacial score (nSPS) is 16.3. The number of hydrogen-bond donors (Lipinski definition) is 1. The maximum absolute atomic E-state index is 13.1. The van der Waals surface area contributed by atoms with E-state index in [1.165, 1.54) is 17.0 Å². The van der Waals surface area contributed by atoms with Crippen LogP contribution in [0.5, 0.6) is 0 Å². The van der Waals surface area contributed by atoms with E-state index in [4.69, 9.17) is 4.74 Å². The molecular weight excluding hydrogens is 247 g/mol. The van der Waals surface area contributed by atoms with Gasteiger partial charge in [0.2, 0.25) is 0 Å². The second kappa shape index (κ2) is 6.63. The van der Waals surface area contributed by atoms with Gasteiger partial charge in [0.15, 0.2) is 0 Å². The van der Waals surface area contributed by atoms with Crippen LogP contribution in [0, 0.1) is 5.82 Å². The molecule has 2 rings (SSSR count). The summed E-state index contributed by atoms with van der Waals surface area (Å²) < 4.78 is 18.7. The predicted octanol–water partition coefficient (Wildman–Crippen LogP) is 1.56. The van der Waals surface area contributed by atoms with Gasteiger partial charge in [-0.1, -0.05) is 6.07 Å². The van der Waals surface area contributed by atoms with E-state index in [1.54, 1.807) is 19.2 Å². The van der Waals surface area contributed by atoms with E-state index in [0.29, 0.717) is 5.69 Å². The van der Waals surface area contributed by atoms with Crippen molar-refractivity contribution in [3.8, 4) is 0 Å². The number of piperidine rings is 1. The predicted molar refractivity (Wildman–Crippen MR) is 71.7 cm³/mol. The van der Waals surface area contributed by atoms with Crippen molar-refractivity contribution in [3.05, 3.63) is 30.1 Å². The first kappa shape index (κ1) is 14.0. The molecule has 19 heavy (non-hydrogen) atoms. The van der Waals surface area contributed by atoms with Crippen LogP contribution in [0.2, 0.25) is 0 Å². The number of rotatable bonds is 4.